The summed E-state index contributed by atoms with van der Waals surface area (Å²) in [5.41, 5.74) is 2.99. The molecule has 0 atom stereocenters. The molecule has 32 heavy (non-hydrogen) atoms. The molecule has 7 nitrogen and oxygen atoms in total. The van der Waals surface area contributed by atoms with E-state index in [0.29, 0.717) is 5.13 Å². The highest BCUT2D eigenvalue weighted by Gasteiger charge is 2.38. The molecule has 6 rings (SSSR count). The second-order valence-corrected chi connectivity index (χ2v) is 9.71. The van der Waals surface area contributed by atoms with Crippen LogP contribution in [0.5, 0.6) is 5.75 Å². The second kappa shape index (κ2) is 9.13. The molecule has 0 N–H and O–H groups in total. The number of nitrogens with zero attached hydrogens (tertiary/aromatic N) is 6. The van der Waals surface area contributed by atoms with E-state index in [1.807, 2.05) is 30.3 Å². The number of methoxy groups -OCH3 is 1. The zero-order valence-electron chi connectivity index (χ0n) is 18.9. The first-order valence-corrected chi connectivity index (χ1v) is 12.3. The average Bonchev–Trinajstić information content (AvgIpc) is 3.27. The number of benzene rings is 2. The number of hydrogen-bond acceptors (Lipinski definition) is 7. The summed E-state index contributed by atoms with van der Waals surface area (Å²) in [4.78, 5) is 9.64. The summed E-state index contributed by atoms with van der Waals surface area (Å²) < 4.78 is 7.65. The van der Waals surface area contributed by atoms with Crippen molar-refractivity contribution in [2.24, 2.45) is 10.2 Å². The molecule has 3 aliphatic rings. The number of ether oxygens (including phenoxy) is 1. The number of likely N-dealkylation sites (N-methyl/N-ethyl adjacent to an activating group) is 1. The van der Waals surface area contributed by atoms with Gasteiger partial charge in [0.25, 0.3) is 0 Å². The van der Waals surface area contributed by atoms with Gasteiger partial charge in [0.15, 0.2) is 0 Å². The molecular formula is C24H31N6OS+. The molecule has 4 heterocycles. The van der Waals surface area contributed by atoms with Gasteiger partial charge < -0.3 is 14.1 Å². The molecule has 0 radical (unpaired) electrons. The zero-order chi connectivity index (χ0) is 22.0. The van der Waals surface area contributed by atoms with Crippen LogP contribution in [0, 0.1) is 0 Å². The fourth-order valence-electron chi connectivity index (χ4n) is 4.76. The van der Waals surface area contributed by atoms with Crippen molar-refractivity contribution in [1.29, 1.82) is 0 Å². The molecule has 1 aromatic heterocycles. The van der Waals surface area contributed by atoms with E-state index in [9.17, 15) is 0 Å². The molecule has 3 fully saturated rings. The summed E-state index contributed by atoms with van der Waals surface area (Å²) in [5, 5.41) is 9.42. The van der Waals surface area contributed by atoms with Gasteiger partial charge in [0.05, 0.1) is 55.7 Å². The molecule has 2 bridgehead atoms. The molecule has 0 amide bonds. The largest absolute Gasteiger partial charge is 0.497 e. The van der Waals surface area contributed by atoms with E-state index in [4.69, 9.17) is 4.74 Å². The molecule has 0 spiro atoms. The van der Waals surface area contributed by atoms with Crippen molar-refractivity contribution in [2.45, 2.75) is 6.92 Å². The number of hydrogen-bond donors (Lipinski definition) is 0. The fraction of sp³-hybridized carbons (Fsp3) is 0.458. The van der Waals surface area contributed by atoms with Crippen molar-refractivity contribution in [3.8, 4) is 5.75 Å². The van der Waals surface area contributed by atoms with Crippen LogP contribution in [-0.2, 0) is 0 Å². The summed E-state index contributed by atoms with van der Waals surface area (Å²) in [6.45, 7) is 13.4. The van der Waals surface area contributed by atoms with Gasteiger partial charge >= 0.3 is 0 Å². The Morgan fingerprint density at radius 1 is 1.06 bits per heavy atom. The molecule has 3 aromatic rings. The predicted molar refractivity (Wildman–Crippen MR) is 131 cm³/mol. The minimum Gasteiger partial charge on any atom is -0.497 e. The normalized spacial score (nSPS) is 22.6. The van der Waals surface area contributed by atoms with Crippen molar-refractivity contribution in [3.05, 3.63) is 42.5 Å². The number of rotatable bonds is 8. The quantitative estimate of drug-likeness (QED) is 0.368. The Morgan fingerprint density at radius 3 is 2.50 bits per heavy atom. The zero-order valence-corrected chi connectivity index (χ0v) is 19.7. The van der Waals surface area contributed by atoms with Crippen LogP contribution in [0.2, 0.25) is 0 Å². The maximum Gasteiger partial charge on any atom is 0.231 e. The Kier molecular flexibility index (Phi) is 6.08. The summed E-state index contributed by atoms with van der Waals surface area (Å²) in [6, 6.07) is 14.3. The third-order valence-electron chi connectivity index (χ3n) is 6.95. The molecule has 168 valence electrons. The van der Waals surface area contributed by atoms with E-state index in [1.165, 1.54) is 67.3 Å². The van der Waals surface area contributed by atoms with Gasteiger partial charge in [-0.2, -0.15) is 0 Å². The van der Waals surface area contributed by atoms with Gasteiger partial charge in [0.2, 0.25) is 5.13 Å². The van der Waals surface area contributed by atoms with Crippen molar-refractivity contribution >= 4 is 38.1 Å². The van der Waals surface area contributed by atoms with Gasteiger partial charge in [0, 0.05) is 37.9 Å². The van der Waals surface area contributed by atoms with Crippen LogP contribution in [0.3, 0.4) is 0 Å². The first-order chi connectivity index (χ1) is 15.7. The Balaban J connectivity index is 1.22. The third kappa shape index (κ3) is 4.48. The Labute approximate surface area is 193 Å². The van der Waals surface area contributed by atoms with E-state index < -0.39 is 0 Å². The highest BCUT2D eigenvalue weighted by molar-refractivity contribution is 7.21. The Hall–Kier alpha value is -2.55. The number of fused-ring (bicyclic) bond motifs is 4. The monoisotopic (exact) mass is 451 g/mol. The number of quaternary nitrogens is 1. The van der Waals surface area contributed by atoms with E-state index in [2.05, 4.69) is 44.1 Å². The smallest absolute Gasteiger partial charge is 0.231 e. The van der Waals surface area contributed by atoms with Crippen molar-refractivity contribution in [2.75, 3.05) is 70.9 Å². The van der Waals surface area contributed by atoms with Crippen LogP contribution in [0.25, 0.3) is 10.2 Å². The molecular weight excluding hydrogens is 420 g/mol. The van der Waals surface area contributed by atoms with Gasteiger partial charge in [-0.05, 0) is 43.3 Å². The van der Waals surface area contributed by atoms with Crippen LogP contribution in [0.4, 0.5) is 16.5 Å². The van der Waals surface area contributed by atoms with E-state index in [-0.39, 0.29) is 0 Å². The summed E-state index contributed by atoms with van der Waals surface area (Å²) in [6.07, 6.45) is 0. The number of anilines is 1. The van der Waals surface area contributed by atoms with Gasteiger partial charge in [-0.15, -0.1) is 10.2 Å². The maximum atomic E-state index is 5.27. The summed E-state index contributed by atoms with van der Waals surface area (Å²) in [7, 11) is 1.66. The molecule has 3 saturated heterocycles. The molecule has 0 unspecified atom stereocenters. The average molecular weight is 452 g/mol. The fourth-order valence-corrected chi connectivity index (χ4v) is 5.53. The number of azo groups is 1. The number of thiazole rings is 1. The van der Waals surface area contributed by atoms with Crippen molar-refractivity contribution < 1.29 is 9.22 Å². The van der Waals surface area contributed by atoms with Crippen molar-refractivity contribution in [3.63, 3.8) is 0 Å². The molecule has 2 aromatic carbocycles. The lowest BCUT2D eigenvalue weighted by molar-refractivity contribution is -0.939. The lowest BCUT2D eigenvalue weighted by atomic mass is 10.1. The maximum absolute atomic E-state index is 5.27. The number of piperazine rings is 3. The minimum atomic E-state index is 0.656. The SMILES string of the molecule is CCN(CC[N+]12CCN(CC1)CC2)c1ccc(/N=N/c2nc3cc(OC)ccc3s2)cc1. The van der Waals surface area contributed by atoms with Crippen LogP contribution in [-0.4, -0.2) is 80.4 Å². The number of aromatic nitrogens is 1. The molecule has 0 saturated carbocycles. The highest BCUT2D eigenvalue weighted by Crippen LogP contribution is 2.32. The first kappa shape index (κ1) is 21.3. The third-order valence-corrected chi connectivity index (χ3v) is 7.87. The summed E-state index contributed by atoms with van der Waals surface area (Å²) in [5.74, 6) is 0.801. The van der Waals surface area contributed by atoms with Crippen LogP contribution in [0.1, 0.15) is 6.92 Å². The standard InChI is InChI=1S/C24H31N6OS/c1-3-29(13-17-30-14-10-28(11-15-30)12-16-30)20-6-4-19(5-7-20)26-27-24-25-22-18-21(31-2)8-9-23(22)32-24/h4-9,18H,3,10-17H2,1-2H3/q+1/b27-26+. The van der Waals surface area contributed by atoms with Gasteiger partial charge in [0.1, 0.15) is 5.75 Å². The van der Waals surface area contributed by atoms with Crippen LogP contribution >= 0.6 is 11.3 Å². The lowest BCUT2D eigenvalue weighted by Crippen LogP contribution is -2.68. The predicted octanol–water partition coefficient (Wildman–Crippen LogP) is 4.69. The Morgan fingerprint density at radius 2 is 1.81 bits per heavy atom. The molecule has 0 aliphatic carbocycles. The van der Waals surface area contributed by atoms with Gasteiger partial charge in [-0.1, -0.05) is 11.3 Å². The molecule has 8 heteroatoms. The Bertz CT molecular complexity index is 1070. The van der Waals surface area contributed by atoms with E-state index >= 15 is 0 Å². The van der Waals surface area contributed by atoms with E-state index in [1.54, 1.807) is 7.11 Å². The van der Waals surface area contributed by atoms with Crippen LogP contribution < -0.4 is 9.64 Å². The first-order valence-electron chi connectivity index (χ1n) is 11.5. The topological polar surface area (TPSA) is 53.3 Å². The van der Waals surface area contributed by atoms with Crippen LogP contribution in [0.15, 0.2) is 52.7 Å². The second-order valence-electron chi connectivity index (χ2n) is 8.70. The van der Waals surface area contributed by atoms with Gasteiger partial charge in [-0.25, -0.2) is 4.98 Å². The lowest BCUT2D eigenvalue weighted by Gasteiger charge is -2.51. The highest BCUT2D eigenvalue weighted by atomic mass is 32.1. The van der Waals surface area contributed by atoms with E-state index in [0.717, 1.165) is 34.7 Å². The molecule has 3 aliphatic heterocycles. The summed E-state index contributed by atoms with van der Waals surface area (Å²) >= 11 is 1.53. The van der Waals surface area contributed by atoms with Crippen molar-refractivity contribution in [1.82, 2.24) is 9.88 Å². The van der Waals surface area contributed by atoms with Gasteiger partial charge in [-0.3, -0.25) is 4.90 Å². The minimum absolute atomic E-state index is 0.656.